The lowest BCUT2D eigenvalue weighted by molar-refractivity contribution is -0.00864. The maximum absolute atomic E-state index is 6.25. The number of hydrogen-bond acceptors (Lipinski definition) is 4. The van der Waals surface area contributed by atoms with Crippen molar-refractivity contribution in [2.45, 2.75) is 39.2 Å². The van der Waals surface area contributed by atoms with Crippen molar-refractivity contribution in [2.75, 3.05) is 7.11 Å². The maximum Gasteiger partial charge on any atom is 0.163 e. The Labute approximate surface area is 116 Å². The van der Waals surface area contributed by atoms with E-state index in [0.29, 0.717) is 11.0 Å². The highest BCUT2D eigenvalue weighted by Gasteiger charge is 2.28. The van der Waals surface area contributed by atoms with Gasteiger partial charge in [-0.15, -0.1) is 11.3 Å². The van der Waals surface area contributed by atoms with Gasteiger partial charge in [0, 0.05) is 17.4 Å². The third-order valence-electron chi connectivity index (χ3n) is 3.34. The van der Waals surface area contributed by atoms with Gasteiger partial charge < -0.3 is 4.74 Å². The van der Waals surface area contributed by atoms with E-state index < -0.39 is 5.60 Å². The lowest BCUT2D eigenvalue weighted by atomic mass is 10.0. The summed E-state index contributed by atoms with van der Waals surface area (Å²) in [5.41, 5.74) is -0.478. The average Bonchev–Trinajstić information content (AvgIpc) is 2.81. The zero-order valence-corrected chi connectivity index (χ0v) is 12.7. The Morgan fingerprint density at radius 2 is 2.11 bits per heavy atom. The van der Waals surface area contributed by atoms with Crippen molar-refractivity contribution in [3.05, 3.63) is 21.9 Å². The van der Waals surface area contributed by atoms with Gasteiger partial charge in [0.1, 0.15) is 15.6 Å². The minimum absolute atomic E-state index is 0.478. The summed E-state index contributed by atoms with van der Waals surface area (Å²) in [5.74, 6) is 0.662. The molecule has 0 bridgehead atoms. The second-order valence-corrected chi connectivity index (χ2v) is 5.88. The third kappa shape index (κ3) is 2.25. The normalized spacial score (nSPS) is 14.9. The van der Waals surface area contributed by atoms with E-state index in [4.69, 9.17) is 16.3 Å². The number of methoxy groups -OCH3 is 1. The molecule has 5 heteroatoms. The van der Waals surface area contributed by atoms with Gasteiger partial charge in [0.25, 0.3) is 0 Å². The average molecular weight is 285 g/mol. The van der Waals surface area contributed by atoms with Gasteiger partial charge in [-0.2, -0.15) is 0 Å². The molecule has 1 unspecified atom stereocenters. The molecule has 98 valence electrons. The van der Waals surface area contributed by atoms with Gasteiger partial charge in [0.15, 0.2) is 5.82 Å². The monoisotopic (exact) mass is 284 g/mol. The molecule has 0 radical (unpaired) electrons. The van der Waals surface area contributed by atoms with E-state index in [1.54, 1.807) is 18.4 Å². The van der Waals surface area contributed by atoms with Crippen LogP contribution in [0.5, 0.6) is 0 Å². The first-order valence-corrected chi connectivity index (χ1v) is 7.25. The van der Waals surface area contributed by atoms with Crippen molar-refractivity contribution in [3.8, 4) is 0 Å². The molecule has 0 N–H and O–H groups in total. The Kier molecular flexibility index (Phi) is 3.90. The fourth-order valence-corrected chi connectivity index (χ4v) is 2.99. The SMILES string of the molecule is CCc1cc2c(Cl)nc(C(C)(CC)OC)nc2s1. The van der Waals surface area contributed by atoms with Crippen LogP contribution in [0.1, 0.15) is 37.9 Å². The molecule has 0 aromatic carbocycles. The summed E-state index contributed by atoms with van der Waals surface area (Å²) in [5, 5.41) is 1.46. The summed E-state index contributed by atoms with van der Waals surface area (Å²) in [6.07, 6.45) is 1.79. The van der Waals surface area contributed by atoms with E-state index >= 15 is 0 Å². The van der Waals surface area contributed by atoms with Crippen molar-refractivity contribution in [2.24, 2.45) is 0 Å². The molecular weight excluding hydrogens is 268 g/mol. The largest absolute Gasteiger partial charge is 0.371 e. The Balaban J connectivity index is 2.61. The number of nitrogens with zero attached hydrogens (tertiary/aromatic N) is 2. The Morgan fingerprint density at radius 1 is 1.39 bits per heavy atom. The smallest absolute Gasteiger partial charge is 0.163 e. The summed E-state index contributed by atoms with van der Waals surface area (Å²) < 4.78 is 5.53. The van der Waals surface area contributed by atoms with Crippen LogP contribution < -0.4 is 0 Å². The van der Waals surface area contributed by atoms with Crippen molar-refractivity contribution < 1.29 is 4.74 Å². The van der Waals surface area contributed by atoms with E-state index in [1.807, 2.05) is 6.92 Å². The fraction of sp³-hybridized carbons (Fsp3) is 0.538. The molecule has 18 heavy (non-hydrogen) atoms. The summed E-state index contributed by atoms with van der Waals surface area (Å²) >= 11 is 7.92. The summed E-state index contributed by atoms with van der Waals surface area (Å²) in [7, 11) is 1.68. The fourth-order valence-electron chi connectivity index (χ4n) is 1.74. The molecule has 0 fully saturated rings. The Morgan fingerprint density at radius 3 is 2.67 bits per heavy atom. The van der Waals surface area contributed by atoms with E-state index in [-0.39, 0.29) is 0 Å². The summed E-state index contributed by atoms with van der Waals surface area (Å²) in [6.45, 7) is 6.16. The van der Waals surface area contributed by atoms with Gasteiger partial charge >= 0.3 is 0 Å². The molecule has 2 aromatic heterocycles. The highest BCUT2D eigenvalue weighted by Crippen LogP contribution is 2.33. The minimum Gasteiger partial charge on any atom is -0.371 e. The number of aryl methyl sites for hydroxylation is 1. The molecule has 2 aromatic rings. The number of fused-ring (bicyclic) bond motifs is 1. The number of thiophene rings is 1. The molecular formula is C13H17ClN2OS. The van der Waals surface area contributed by atoms with Crippen LogP contribution in [0.3, 0.4) is 0 Å². The zero-order chi connectivity index (χ0) is 13.3. The number of hydrogen-bond donors (Lipinski definition) is 0. The van der Waals surface area contributed by atoms with Gasteiger partial charge in [-0.25, -0.2) is 9.97 Å². The van der Waals surface area contributed by atoms with Crippen molar-refractivity contribution >= 4 is 33.2 Å². The van der Waals surface area contributed by atoms with Crippen molar-refractivity contribution in [1.82, 2.24) is 9.97 Å². The maximum atomic E-state index is 6.25. The van der Waals surface area contributed by atoms with Gasteiger partial charge in [0.05, 0.1) is 0 Å². The molecule has 0 amide bonds. The molecule has 3 nitrogen and oxygen atoms in total. The van der Waals surface area contributed by atoms with Crippen LogP contribution in [0.15, 0.2) is 6.07 Å². The van der Waals surface area contributed by atoms with Crippen LogP contribution in [-0.4, -0.2) is 17.1 Å². The predicted octanol–water partition coefficient (Wildman–Crippen LogP) is 4.18. The first kappa shape index (κ1) is 13.7. The van der Waals surface area contributed by atoms with Crippen LogP contribution in [0.4, 0.5) is 0 Å². The third-order valence-corrected chi connectivity index (χ3v) is 4.81. The van der Waals surface area contributed by atoms with Gasteiger partial charge in [0.2, 0.25) is 0 Å². The molecule has 1 atom stereocenters. The van der Waals surface area contributed by atoms with Crippen LogP contribution in [0, 0.1) is 0 Å². The Bertz CT molecular complexity index is 563. The van der Waals surface area contributed by atoms with E-state index in [0.717, 1.165) is 23.1 Å². The predicted molar refractivity (Wildman–Crippen MR) is 76.5 cm³/mol. The van der Waals surface area contributed by atoms with E-state index in [1.165, 1.54) is 4.88 Å². The van der Waals surface area contributed by atoms with Crippen LogP contribution in [-0.2, 0) is 16.8 Å². The lowest BCUT2D eigenvalue weighted by Gasteiger charge is -2.24. The first-order chi connectivity index (χ1) is 8.54. The highest BCUT2D eigenvalue weighted by atomic mass is 35.5. The minimum atomic E-state index is -0.478. The molecule has 0 saturated heterocycles. The quantitative estimate of drug-likeness (QED) is 0.790. The topological polar surface area (TPSA) is 35.0 Å². The van der Waals surface area contributed by atoms with Gasteiger partial charge in [-0.1, -0.05) is 25.4 Å². The second kappa shape index (κ2) is 5.11. The standard InChI is InChI=1S/C13H17ClN2OS/c1-5-8-7-9-10(14)15-12(16-11(9)18-8)13(3,6-2)17-4/h7H,5-6H2,1-4H3. The van der Waals surface area contributed by atoms with Crippen LogP contribution in [0.2, 0.25) is 5.15 Å². The van der Waals surface area contributed by atoms with Crippen molar-refractivity contribution in [3.63, 3.8) is 0 Å². The van der Waals surface area contributed by atoms with E-state index in [9.17, 15) is 0 Å². The molecule has 0 aliphatic rings. The molecule has 0 spiro atoms. The molecule has 0 aliphatic carbocycles. The second-order valence-electron chi connectivity index (χ2n) is 4.41. The molecule has 0 saturated carbocycles. The Hall–Kier alpha value is -0.710. The summed E-state index contributed by atoms with van der Waals surface area (Å²) in [4.78, 5) is 11.2. The van der Waals surface area contributed by atoms with Gasteiger partial charge in [-0.05, 0) is 25.8 Å². The number of halogens is 1. The first-order valence-electron chi connectivity index (χ1n) is 6.05. The molecule has 2 rings (SSSR count). The number of aromatic nitrogens is 2. The van der Waals surface area contributed by atoms with Crippen molar-refractivity contribution in [1.29, 1.82) is 0 Å². The number of rotatable bonds is 4. The molecule has 2 heterocycles. The lowest BCUT2D eigenvalue weighted by Crippen LogP contribution is -2.26. The zero-order valence-electron chi connectivity index (χ0n) is 11.1. The highest BCUT2D eigenvalue weighted by molar-refractivity contribution is 7.18. The summed E-state index contributed by atoms with van der Waals surface area (Å²) in [6, 6.07) is 2.07. The van der Waals surface area contributed by atoms with E-state index in [2.05, 4.69) is 29.9 Å². The van der Waals surface area contributed by atoms with Crippen LogP contribution in [0.25, 0.3) is 10.2 Å². The molecule has 0 aliphatic heterocycles. The van der Waals surface area contributed by atoms with Crippen LogP contribution >= 0.6 is 22.9 Å². The number of ether oxygens (including phenoxy) is 1. The van der Waals surface area contributed by atoms with Gasteiger partial charge in [-0.3, -0.25) is 0 Å².